The topological polar surface area (TPSA) is 351 Å². The number of H-pyrrole nitrogens is 1. The van der Waals surface area contributed by atoms with Crippen LogP contribution < -0.4 is 50.4 Å². The van der Waals surface area contributed by atoms with Crippen molar-refractivity contribution in [1.82, 2.24) is 25.9 Å². The van der Waals surface area contributed by atoms with Crippen LogP contribution >= 0.6 is 0 Å². The average Bonchev–Trinajstić information content (AvgIpc) is 3.42. The zero-order chi connectivity index (χ0) is 31.7. The number of amides is 4. The summed E-state index contributed by atoms with van der Waals surface area (Å²) in [4.78, 5) is 76.5. The molecular weight excluding hydrogens is 554 g/mol. The van der Waals surface area contributed by atoms with Crippen LogP contribution in [0.4, 0.5) is 0 Å². The van der Waals surface area contributed by atoms with Crippen molar-refractivity contribution < 1.29 is 29.1 Å². The fraction of sp³-hybridized carbons (Fsp3) is 0.565. The molecule has 0 fully saturated rings. The molecule has 4 unspecified atom stereocenters. The Kier molecular flexibility index (Phi) is 15.4. The molecule has 234 valence electrons. The van der Waals surface area contributed by atoms with Crippen molar-refractivity contribution in [1.29, 1.82) is 0 Å². The minimum absolute atomic E-state index is 0.0524. The summed E-state index contributed by atoms with van der Waals surface area (Å²) in [6.07, 6.45) is 3.02. The van der Waals surface area contributed by atoms with E-state index in [0.29, 0.717) is 12.1 Å². The standard InChI is InChI=1S/C23H41N13O6/c24-13(3-1-7-31-22(26)27)18(38)34-14(4-2-8-32-23(28)29)19(39)35-15(5-6-17(25)37)20(40)36-16(21(41)42)9-12-10-30-11-33-12/h10-11,13-16H,1-9,24H2,(H2,25,37)(H,30,33)(H,34,38)(H,35,39)(H,36,40)(H,41,42)(H4,26,27,31)(H4,28,29,32). The number of carbonyl (C=O) groups excluding carboxylic acids is 4. The van der Waals surface area contributed by atoms with Crippen molar-refractivity contribution >= 4 is 41.5 Å². The number of carbonyl (C=O) groups is 5. The van der Waals surface area contributed by atoms with Gasteiger partial charge in [0.15, 0.2) is 11.9 Å². The maximum atomic E-state index is 13.3. The number of nitrogens with zero attached hydrogens (tertiary/aromatic N) is 3. The second-order valence-corrected chi connectivity index (χ2v) is 9.31. The largest absolute Gasteiger partial charge is 0.480 e. The van der Waals surface area contributed by atoms with Crippen molar-refractivity contribution in [3.63, 3.8) is 0 Å². The van der Waals surface area contributed by atoms with Crippen LogP contribution in [0.25, 0.3) is 0 Å². The SMILES string of the molecule is NC(=O)CCC(NC(=O)C(CCCN=C(N)N)NC(=O)C(N)CCCN=C(N)N)C(=O)NC(Cc1cnc[nH]1)C(=O)O. The van der Waals surface area contributed by atoms with Crippen LogP contribution in [-0.2, 0) is 30.4 Å². The summed E-state index contributed by atoms with van der Waals surface area (Å²) in [5, 5.41) is 17.0. The number of rotatable bonds is 20. The van der Waals surface area contributed by atoms with Crippen LogP contribution in [0.3, 0.4) is 0 Å². The number of hydrogen-bond donors (Lipinski definition) is 11. The molecule has 1 heterocycles. The molecule has 19 heteroatoms. The first kappa shape index (κ1) is 35.1. The van der Waals surface area contributed by atoms with Gasteiger partial charge in [0.25, 0.3) is 0 Å². The number of nitrogens with two attached hydrogens (primary N) is 6. The third-order valence-corrected chi connectivity index (χ3v) is 5.79. The highest BCUT2D eigenvalue weighted by Gasteiger charge is 2.30. The molecule has 42 heavy (non-hydrogen) atoms. The van der Waals surface area contributed by atoms with Gasteiger partial charge in [-0.05, 0) is 32.1 Å². The molecule has 4 atom stereocenters. The first-order chi connectivity index (χ1) is 19.8. The Hall–Kier alpha value is -4.94. The summed E-state index contributed by atoms with van der Waals surface area (Å²) in [5.41, 5.74) is 32.9. The third kappa shape index (κ3) is 14.4. The zero-order valence-corrected chi connectivity index (χ0v) is 23.1. The average molecular weight is 596 g/mol. The third-order valence-electron chi connectivity index (χ3n) is 5.79. The molecule has 1 rings (SSSR count). The Morgan fingerprint density at radius 2 is 1.33 bits per heavy atom. The summed E-state index contributed by atoms with van der Waals surface area (Å²) in [7, 11) is 0. The van der Waals surface area contributed by atoms with Gasteiger partial charge >= 0.3 is 5.97 Å². The van der Waals surface area contributed by atoms with Gasteiger partial charge in [-0.25, -0.2) is 9.78 Å². The van der Waals surface area contributed by atoms with Gasteiger partial charge in [-0.15, -0.1) is 0 Å². The number of carboxylic acids is 1. The molecule has 1 aromatic heterocycles. The predicted molar refractivity (Wildman–Crippen MR) is 152 cm³/mol. The van der Waals surface area contributed by atoms with Gasteiger partial charge in [-0.3, -0.25) is 29.2 Å². The molecule has 4 amide bonds. The van der Waals surface area contributed by atoms with Crippen LogP contribution in [-0.4, -0.2) is 93.8 Å². The molecule has 0 aromatic carbocycles. The van der Waals surface area contributed by atoms with Crippen LogP contribution in [0.5, 0.6) is 0 Å². The summed E-state index contributed by atoms with van der Waals surface area (Å²) < 4.78 is 0. The van der Waals surface area contributed by atoms with Gasteiger partial charge in [0.05, 0.1) is 12.4 Å². The van der Waals surface area contributed by atoms with Crippen molar-refractivity contribution in [2.45, 2.75) is 69.1 Å². The highest BCUT2D eigenvalue weighted by Crippen LogP contribution is 2.06. The fourth-order valence-electron chi connectivity index (χ4n) is 3.62. The van der Waals surface area contributed by atoms with Crippen LogP contribution in [0.2, 0.25) is 0 Å². The Bertz CT molecular complexity index is 1100. The molecule has 1 aromatic rings. The van der Waals surface area contributed by atoms with Crippen LogP contribution in [0.1, 0.15) is 44.2 Å². The quantitative estimate of drug-likeness (QED) is 0.0384. The van der Waals surface area contributed by atoms with Gasteiger partial charge in [0.2, 0.25) is 23.6 Å². The number of aliphatic imine (C=N–C) groups is 2. The summed E-state index contributed by atoms with van der Waals surface area (Å²) in [5.74, 6) is -4.65. The molecule has 0 spiro atoms. The number of hydrogen-bond acceptors (Lipinski definition) is 9. The number of imidazole rings is 1. The van der Waals surface area contributed by atoms with E-state index in [2.05, 4.69) is 35.9 Å². The van der Waals surface area contributed by atoms with Crippen LogP contribution in [0, 0.1) is 0 Å². The number of primary amides is 1. The van der Waals surface area contributed by atoms with Crippen molar-refractivity contribution in [3.05, 3.63) is 18.2 Å². The van der Waals surface area contributed by atoms with Crippen LogP contribution in [0.15, 0.2) is 22.5 Å². The Balaban J connectivity index is 3.02. The molecule has 0 saturated heterocycles. The lowest BCUT2D eigenvalue weighted by atomic mass is 10.0. The Labute approximate surface area is 241 Å². The number of guanidine groups is 2. The fourth-order valence-corrected chi connectivity index (χ4v) is 3.62. The molecule has 0 aliphatic heterocycles. The van der Waals surface area contributed by atoms with Gasteiger partial charge in [-0.1, -0.05) is 0 Å². The first-order valence-electron chi connectivity index (χ1n) is 13.1. The molecular formula is C23H41N13O6. The van der Waals surface area contributed by atoms with Crippen molar-refractivity contribution in [3.8, 4) is 0 Å². The predicted octanol–water partition coefficient (Wildman–Crippen LogP) is -4.81. The van der Waals surface area contributed by atoms with E-state index in [1.54, 1.807) is 0 Å². The molecule has 17 N–H and O–H groups in total. The van der Waals surface area contributed by atoms with Gasteiger partial charge < -0.3 is 60.4 Å². The second-order valence-electron chi connectivity index (χ2n) is 9.31. The van der Waals surface area contributed by atoms with E-state index in [9.17, 15) is 29.1 Å². The maximum absolute atomic E-state index is 13.3. The number of nitrogens with one attached hydrogen (secondary N) is 4. The Morgan fingerprint density at radius 1 is 0.810 bits per heavy atom. The van der Waals surface area contributed by atoms with Gasteiger partial charge in [0, 0.05) is 37.8 Å². The number of carboxylic acid groups (broad SMARTS) is 1. The van der Waals surface area contributed by atoms with E-state index in [1.165, 1.54) is 12.5 Å². The molecule has 0 saturated carbocycles. The molecule has 0 aliphatic rings. The summed E-state index contributed by atoms with van der Waals surface area (Å²) >= 11 is 0. The lowest BCUT2D eigenvalue weighted by Crippen LogP contribution is -2.57. The smallest absolute Gasteiger partial charge is 0.326 e. The molecule has 19 nitrogen and oxygen atoms in total. The molecule has 0 bridgehead atoms. The van der Waals surface area contributed by atoms with E-state index in [-0.39, 0.29) is 63.5 Å². The zero-order valence-electron chi connectivity index (χ0n) is 23.1. The Morgan fingerprint density at radius 3 is 1.83 bits per heavy atom. The van der Waals surface area contributed by atoms with E-state index < -0.39 is 53.8 Å². The minimum atomic E-state index is -1.38. The van der Waals surface area contributed by atoms with E-state index >= 15 is 0 Å². The van der Waals surface area contributed by atoms with E-state index in [1.807, 2.05) is 0 Å². The van der Waals surface area contributed by atoms with E-state index in [4.69, 9.17) is 34.4 Å². The second kappa shape index (κ2) is 18.4. The highest BCUT2D eigenvalue weighted by atomic mass is 16.4. The molecule has 0 aliphatic carbocycles. The van der Waals surface area contributed by atoms with E-state index in [0.717, 1.165) is 0 Å². The first-order valence-corrected chi connectivity index (χ1v) is 13.1. The summed E-state index contributed by atoms with van der Waals surface area (Å²) in [6, 6.07) is -4.92. The number of aromatic amines is 1. The number of aliphatic carboxylic acids is 1. The minimum Gasteiger partial charge on any atom is -0.480 e. The normalized spacial score (nSPS) is 13.5. The van der Waals surface area contributed by atoms with Gasteiger partial charge in [-0.2, -0.15) is 0 Å². The van der Waals surface area contributed by atoms with Crippen molar-refractivity contribution in [2.24, 2.45) is 44.4 Å². The highest BCUT2D eigenvalue weighted by molar-refractivity contribution is 5.94. The monoisotopic (exact) mass is 595 g/mol. The van der Waals surface area contributed by atoms with Gasteiger partial charge in [0.1, 0.15) is 18.1 Å². The maximum Gasteiger partial charge on any atom is 0.326 e. The summed E-state index contributed by atoms with van der Waals surface area (Å²) in [6.45, 7) is 0.395. The lowest BCUT2D eigenvalue weighted by molar-refractivity contribution is -0.142. The lowest BCUT2D eigenvalue weighted by Gasteiger charge is -2.25. The number of aromatic nitrogens is 2. The molecule has 0 radical (unpaired) electrons. The van der Waals surface area contributed by atoms with Crippen molar-refractivity contribution in [2.75, 3.05) is 13.1 Å².